The van der Waals surface area contributed by atoms with E-state index in [4.69, 9.17) is 9.61 Å². The van der Waals surface area contributed by atoms with Crippen LogP contribution in [-0.2, 0) is 13.6 Å². The lowest BCUT2D eigenvalue weighted by Gasteiger charge is -2.35. The number of aryl methyl sites for hydroxylation is 1. The first-order valence-corrected chi connectivity index (χ1v) is 9.96. The Labute approximate surface area is 162 Å². The highest BCUT2D eigenvalue weighted by molar-refractivity contribution is 5.74. The lowest BCUT2D eigenvalue weighted by Crippen LogP contribution is -2.46. The van der Waals surface area contributed by atoms with Crippen molar-refractivity contribution in [3.05, 3.63) is 18.2 Å². The summed E-state index contributed by atoms with van der Waals surface area (Å²) in [5, 5.41) is 11.3. The highest BCUT2D eigenvalue weighted by Crippen LogP contribution is 2.29. The van der Waals surface area contributed by atoms with Crippen LogP contribution in [0, 0.1) is 0 Å². The van der Waals surface area contributed by atoms with E-state index >= 15 is 0 Å². The Kier molecular flexibility index (Phi) is 4.55. The molecule has 2 fully saturated rings. The van der Waals surface area contributed by atoms with E-state index in [1.54, 1.807) is 0 Å². The number of rotatable bonds is 5. The van der Waals surface area contributed by atoms with Gasteiger partial charge in [0.25, 0.3) is 0 Å². The summed E-state index contributed by atoms with van der Waals surface area (Å²) in [6, 6.07) is 0.454. The summed E-state index contributed by atoms with van der Waals surface area (Å²) in [6.45, 7) is 4.53. The summed E-state index contributed by atoms with van der Waals surface area (Å²) in [7, 11) is 2.04. The number of nitrogens with zero attached hydrogens (tertiary/aromatic N) is 8. The highest BCUT2D eigenvalue weighted by atomic mass is 16.6. The Balaban J connectivity index is 1.33. The topological polar surface area (TPSA) is 101 Å². The molecule has 5 rings (SSSR count). The highest BCUT2D eigenvalue weighted by Gasteiger charge is 2.25. The van der Waals surface area contributed by atoms with Crippen molar-refractivity contribution < 1.29 is 4.63 Å². The number of hydrogen-bond donors (Lipinski definition) is 1. The summed E-state index contributed by atoms with van der Waals surface area (Å²) >= 11 is 0. The van der Waals surface area contributed by atoms with Gasteiger partial charge in [-0.05, 0) is 23.2 Å². The summed E-state index contributed by atoms with van der Waals surface area (Å²) in [6.07, 6.45) is 8.72. The van der Waals surface area contributed by atoms with Crippen LogP contribution in [0.2, 0.25) is 0 Å². The fourth-order valence-corrected chi connectivity index (χ4v) is 4.08. The van der Waals surface area contributed by atoms with Crippen molar-refractivity contribution in [2.75, 3.05) is 36.4 Å². The lowest BCUT2D eigenvalue weighted by atomic mass is 10.2. The number of anilines is 2. The fourth-order valence-electron chi connectivity index (χ4n) is 4.08. The number of fused-ring (bicyclic) bond motifs is 1. The van der Waals surface area contributed by atoms with Crippen LogP contribution in [0.4, 0.5) is 11.6 Å². The minimum absolute atomic E-state index is 0.454. The Hall–Kier alpha value is -2.75. The van der Waals surface area contributed by atoms with E-state index in [9.17, 15) is 0 Å². The Morgan fingerprint density at radius 2 is 1.82 bits per heavy atom. The van der Waals surface area contributed by atoms with E-state index in [0.717, 1.165) is 50.2 Å². The average Bonchev–Trinajstić information content (AvgIpc) is 3.45. The van der Waals surface area contributed by atoms with Crippen molar-refractivity contribution in [3.63, 3.8) is 0 Å². The first-order chi connectivity index (χ1) is 13.8. The SMILES string of the molecule is Cn1ccnc1CN1CCN(c2nc3nonc3nc2NC2CCCC2)CC1. The summed E-state index contributed by atoms with van der Waals surface area (Å²) < 4.78 is 6.91. The molecule has 1 saturated heterocycles. The van der Waals surface area contributed by atoms with Gasteiger partial charge in [-0.25, -0.2) is 19.6 Å². The van der Waals surface area contributed by atoms with Gasteiger partial charge in [0.15, 0.2) is 11.6 Å². The second-order valence-electron chi connectivity index (χ2n) is 7.65. The van der Waals surface area contributed by atoms with E-state index in [-0.39, 0.29) is 0 Å². The number of imidazole rings is 1. The van der Waals surface area contributed by atoms with Crippen molar-refractivity contribution in [2.24, 2.45) is 7.05 Å². The maximum Gasteiger partial charge on any atom is 0.245 e. The van der Waals surface area contributed by atoms with Gasteiger partial charge in [-0.2, -0.15) is 0 Å². The van der Waals surface area contributed by atoms with Gasteiger partial charge in [0.2, 0.25) is 11.3 Å². The molecule has 3 aromatic rings. The van der Waals surface area contributed by atoms with Gasteiger partial charge >= 0.3 is 0 Å². The van der Waals surface area contributed by atoms with Crippen LogP contribution >= 0.6 is 0 Å². The third-order valence-corrected chi connectivity index (χ3v) is 5.75. The van der Waals surface area contributed by atoms with Gasteiger partial charge in [0.1, 0.15) is 5.82 Å². The van der Waals surface area contributed by atoms with E-state index in [1.165, 1.54) is 25.7 Å². The minimum Gasteiger partial charge on any atom is -0.364 e. The van der Waals surface area contributed by atoms with Crippen LogP contribution in [0.25, 0.3) is 11.3 Å². The molecule has 0 atom stereocenters. The summed E-state index contributed by atoms with van der Waals surface area (Å²) in [5.41, 5.74) is 0.917. The van der Waals surface area contributed by atoms with Gasteiger partial charge in [-0.3, -0.25) is 4.90 Å². The number of piperazine rings is 1. The van der Waals surface area contributed by atoms with Gasteiger partial charge in [-0.15, -0.1) is 0 Å². The van der Waals surface area contributed by atoms with E-state index in [0.29, 0.717) is 17.3 Å². The van der Waals surface area contributed by atoms with Crippen molar-refractivity contribution >= 4 is 22.9 Å². The van der Waals surface area contributed by atoms with Crippen LogP contribution in [0.5, 0.6) is 0 Å². The Bertz CT molecular complexity index is 938. The third kappa shape index (κ3) is 3.39. The quantitative estimate of drug-likeness (QED) is 0.701. The molecule has 0 aromatic carbocycles. The molecule has 0 unspecified atom stereocenters. The zero-order chi connectivity index (χ0) is 18.9. The van der Waals surface area contributed by atoms with Crippen molar-refractivity contribution in [3.8, 4) is 0 Å². The summed E-state index contributed by atoms with van der Waals surface area (Å²) in [4.78, 5) is 18.5. The molecule has 3 aromatic heterocycles. The van der Waals surface area contributed by atoms with Crippen molar-refractivity contribution in [2.45, 2.75) is 38.3 Å². The monoisotopic (exact) mass is 383 g/mol. The second kappa shape index (κ2) is 7.34. The molecule has 0 radical (unpaired) electrons. The van der Waals surface area contributed by atoms with Crippen LogP contribution in [0.15, 0.2) is 17.0 Å². The van der Waals surface area contributed by atoms with Gasteiger partial charge in [0, 0.05) is 51.7 Å². The van der Waals surface area contributed by atoms with Crippen LogP contribution in [0.1, 0.15) is 31.5 Å². The number of aromatic nitrogens is 6. The largest absolute Gasteiger partial charge is 0.364 e. The standard InChI is InChI=1S/C18H25N9O/c1-25-7-6-19-14(25)12-26-8-10-27(11-9-26)18-17(20-13-4-2-3-5-13)21-15-16(22-18)24-28-23-15/h6-7,13H,2-5,8-12H2,1H3,(H,20,21,23). The van der Waals surface area contributed by atoms with Crippen molar-refractivity contribution in [1.82, 2.24) is 34.7 Å². The molecule has 1 aliphatic heterocycles. The smallest absolute Gasteiger partial charge is 0.245 e. The molecule has 4 heterocycles. The van der Waals surface area contributed by atoms with E-state index in [1.807, 2.05) is 19.4 Å². The van der Waals surface area contributed by atoms with Crippen LogP contribution < -0.4 is 10.2 Å². The first-order valence-electron chi connectivity index (χ1n) is 9.96. The zero-order valence-electron chi connectivity index (χ0n) is 16.1. The molecular weight excluding hydrogens is 358 g/mol. The van der Waals surface area contributed by atoms with Crippen molar-refractivity contribution in [1.29, 1.82) is 0 Å². The van der Waals surface area contributed by atoms with Gasteiger partial charge < -0.3 is 14.8 Å². The normalized spacial score (nSPS) is 19.0. The van der Waals surface area contributed by atoms with E-state index < -0.39 is 0 Å². The molecule has 10 heteroatoms. The third-order valence-electron chi connectivity index (χ3n) is 5.75. The molecular formula is C18H25N9O. The molecule has 0 bridgehead atoms. The van der Waals surface area contributed by atoms with Gasteiger partial charge in [0.05, 0.1) is 6.54 Å². The molecule has 1 saturated carbocycles. The molecule has 0 amide bonds. The Morgan fingerprint density at radius 3 is 2.54 bits per heavy atom. The van der Waals surface area contributed by atoms with Crippen LogP contribution in [0.3, 0.4) is 0 Å². The maximum atomic E-state index is 4.83. The molecule has 28 heavy (non-hydrogen) atoms. The number of hydrogen-bond acceptors (Lipinski definition) is 9. The molecule has 10 nitrogen and oxygen atoms in total. The summed E-state index contributed by atoms with van der Waals surface area (Å²) in [5.74, 6) is 2.74. The number of nitrogens with one attached hydrogen (secondary N) is 1. The second-order valence-corrected chi connectivity index (χ2v) is 7.65. The molecule has 0 spiro atoms. The molecule has 1 N–H and O–H groups in total. The molecule has 2 aliphatic rings. The van der Waals surface area contributed by atoms with Crippen LogP contribution in [-0.4, -0.2) is 67.0 Å². The Morgan fingerprint density at radius 1 is 1.07 bits per heavy atom. The minimum atomic E-state index is 0.454. The maximum absolute atomic E-state index is 4.83. The fraction of sp³-hybridized carbons (Fsp3) is 0.611. The predicted molar refractivity (Wildman–Crippen MR) is 104 cm³/mol. The molecule has 1 aliphatic carbocycles. The van der Waals surface area contributed by atoms with Gasteiger partial charge in [-0.1, -0.05) is 12.8 Å². The van der Waals surface area contributed by atoms with E-state index in [2.05, 4.69) is 40.0 Å². The predicted octanol–water partition coefficient (Wildman–Crippen LogP) is 1.42. The average molecular weight is 383 g/mol. The molecule has 148 valence electrons. The lowest BCUT2D eigenvalue weighted by molar-refractivity contribution is 0.241. The first kappa shape index (κ1) is 17.4. The zero-order valence-corrected chi connectivity index (χ0v) is 16.1.